The number of amides is 1. The number of carbonyl (C=O) groups excluding carboxylic acids is 1. The van der Waals surface area contributed by atoms with E-state index in [0.717, 1.165) is 5.56 Å². The fraction of sp³-hybridized carbons (Fsp3) is 0.240. The Morgan fingerprint density at radius 3 is 2.12 bits per heavy atom. The van der Waals surface area contributed by atoms with Crippen LogP contribution in [0.25, 0.3) is 0 Å². The third-order valence-electron chi connectivity index (χ3n) is 4.83. The molecule has 0 unspecified atom stereocenters. The van der Waals surface area contributed by atoms with Crippen LogP contribution in [0.1, 0.15) is 29.8 Å². The van der Waals surface area contributed by atoms with Gasteiger partial charge in [0.05, 0.1) is 17.7 Å². The molecular weight excluding hydrogens is 462 g/mol. The number of nitrogens with zero attached hydrogens (tertiary/aromatic N) is 1. The van der Waals surface area contributed by atoms with Crippen molar-refractivity contribution in [3.63, 3.8) is 0 Å². The van der Waals surface area contributed by atoms with Gasteiger partial charge >= 0.3 is 10.1 Å². The zero-order valence-corrected chi connectivity index (χ0v) is 20.3. The first-order valence-electron chi connectivity index (χ1n) is 10.4. The molecule has 0 atom stereocenters. The van der Waals surface area contributed by atoms with Gasteiger partial charge in [-0.15, -0.1) is 0 Å². The molecule has 8 heteroatoms. The number of methoxy groups -OCH3 is 1. The first kappa shape index (κ1) is 24.6. The molecule has 3 aromatic carbocycles. The Morgan fingerprint density at radius 1 is 0.939 bits per heavy atom. The van der Waals surface area contributed by atoms with E-state index in [4.69, 9.17) is 20.5 Å². The molecule has 3 aromatic rings. The van der Waals surface area contributed by atoms with Crippen LogP contribution in [0.15, 0.2) is 77.7 Å². The van der Waals surface area contributed by atoms with Crippen LogP contribution in [0.3, 0.4) is 0 Å². The summed E-state index contributed by atoms with van der Waals surface area (Å²) in [6, 6.07) is 19.5. The van der Waals surface area contributed by atoms with Gasteiger partial charge in [0.1, 0.15) is 16.4 Å². The molecule has 174 valence electrons. The minimum atomic E-state index is -3.98. The second-order valence-corrected chi connectivity index (χ2v) is 9.87. The van der Waals surface area contributed by atoms with E-state index >= 15 is 0 Å². The van der Waals surface area contributed by atoms with Crippen LogP contribution >= 0.6 is 11.6 Å². The smallest absolute Gasteiger partial charge is 0.339 e. The van der Waals surface area contributed by atoms with E-state index in [9.17, 15) is 13.2 Å². The Kier molecular flexibility index (Phi) is 8.00. The molecule has 0 aliphatic heterocycles. The summed E-state index contributed by atoms with van der Waals surface area (Å²) in [6.45, 7) is 4.98. The van der Waals surface area contributed by atoms with Crippen molar-refractivity contribution in [3.8, 4) is 11.5 Å². The molecule has 0 radical (unpaired) electrons. The van der Waals surface area contributed by atoms with E-state index in [1.807, 2.05) is 13.8 Å². The van der Waals surface area contributed by atoms with Crippen molar-refractivity contribution >= 4 is 27.6 Å². The number of halogens is 1. The molecule has 3 rings (SSSR count). The summed E-state index contributed by atoms with van der Waals surface area (Å²) in [5.74, 6) is 0.836. The molecular formula is C25H26ClNO5S. The van der Waals surface area contributed by atoms with E-state index in [0.29, 0.717) is 29.4 Å². The highest BCUT2D eigenvalue weighted by molar-refractivity contribution is 7.87. The molecule has 0 saturated heterocycles. The molecule has 1 amide bonds. The van der Waals surface area contributed by atoms with Crippen LogP contribution in [-0.2, 0) is 16.7 Å². The average Bonchev–Trinajstić information content (AvgIpc) is 2.79. The van der Waals surface area contributed by atoms with Gasteiger partial charge in [0, 0.05) is 13.1 Å². The second-order valence-electron chi connectivity index (χ2n) is 7.92. The van der Waals surface area contributed by atoms with Gasteiger partial charge < -0.3 is 13.8 Å². The topological polar surface area (TPSA) is 72.9 Å². The highest BCUT2D eigenvalue weighted by Gasteiger charge is 2.20. The first-order valence-corrected chi connectivity index (χ1v) is 12.2. The van der Waals surface area contributed by atoms with Gasteiger partial charge in [-0.3, -0.25) is 4.79 Å². The molecule has 0 bridgehead atoms. The van der Waals surface area contributed by atoms with E-state index in [-0.39, 0.29) is 22.5 Å². The van der Waals surface area contributed by atoms with Crippen molar-refractivity contribution in [1.29, 1.82) is 0 Å². The quantitative estimate of drug-likeness (QED) is 0.377. The van der Waals surface area contributed by atoms with Crippen LogP contribution in [0, 0.1) is 5.92 Å². The summed E-state index contributed by atoms with van der Waals surface area (Å²) in [7, 11) is -2.47. The highest BCUT2D eigenvalue weighted by atomic mass is 35.5. The lowest BCUT2D eigenvalue weighted by molar-refractivity contribution is 0.0723. The van der Waals surface area contributed by atoms with Gasteiger partial charge in [-0.25, -0.2) is 0 Å². The van der Waals surface area contributed by atoms with Gasteiger partial charge in [0.2, 0.25) is 0 Å². The van der Waals surface area contributed by atoms with E-state index in [1.54, 1.807) is 65.6 Å². The van der Waals surface area contributed by atoms with Gasteiger partial charge in [0.15, 0.2) is 0 Å². The molecule has 0 N–H and O–H groups in total. The second kappa shape index (κ2) is 10.7. The molecule has 6 nitrogen and oxygen atoms in total. The van der Waals surface area contributed by atoms with Gasteiger partial charge in [-0.2, -0.15) is 8.42 Å². The van der Waals surface area contributed by atoms with Crippen molar-refractivity contribution in [2.75, 3.05) is 13.7 Å². The number of hydrogen-bond acceptors (Lipinski definition) is 5. The monoisotopic (exact) mass is 487 g/mol. The standard InChI is InChI=1S/C25H26ClNO5S/c1-18(2)16-27(25(28)23-6-4-5-7-24(23)26)17-19-8-10-21(11-9-19)32-33(29,30)22-14-12-20(31-3)13-15-22/h4-15,18H,16-17H2,1-3H3. The van der Waals surface area contributed by atoms with Crippen LogP contribution in [0.5, 0.6) is 11.5 Å². The van der Waals surface area contributed by atoms with Gasteiger partial charge in [-0.1, -0.05) is 49.7 Å². The number of carbonyl (C=O) groups is 1. The van der Waals surface area contributed by atoms with Crippen molar-refractivity contribution in [1.82, 2.24) is 4.90 Å². The normalized spacial score (nSPS) is 11.3. The zero-order valence-electron chi connectivity index (χ0n) is 18.7. The van der Waals surface area contributed by atoms with Crippen LogP contribution in [0.2, 0.25) is 5.02 Å². The van der Waals surface area contributed by atoms with E-state index < -0.39 is 10.1 Å². The largest absolute Gasteiger partial charge is 0.497 e. The van der Waals surface area contributed by atoms with Gasteiger partial charge in [0.25, 0.3) is 5.91 Å². The van der Waals surface area contributed by atoms with Crippen LogP contribution in [0.4, 0.5) is 0 Å². The Hall–Kier alpha value is -3.03. The predicted molar refractivity (Wildman–Crippen MR) is 128 cm³/mol. The fourth-order valence-corrected chi connectivity index (χ4v) is 4.40. The third kappa shape index (κ3) is 6.49. The minimum absolute atomic E-state index is 0.0285. The van der Waals surface area contributed by atoms with E-state index in [2.05, 4.69) is 0 Å². The number of ether oxygens (including phenoxy) is 1. The molecule has 0 aliphatic rings. The molecule has 33 heavy (non-hydrogen) atoms. The summed E-state index contributed by atoms with van der Waals surface area (Å²) in [5.41, 5.74) is 1.29. The Bertz CT molecular complexity index is 1190. The number of rotatable bonds is 9. The number of benzene rings is 3. The van der Waals surface area contributed by atoms with Crippen molar-refractivity contribution in [2.45, 2.75) is 25.3 Å². The molecule has 0 spiro atoms. The summed E-state index contributed by atoms with van der Waals surface area (Å²) >= 11 is 6.22. The highest BCUT2D eigenvalue weighted by Crippen LogP contribution is 2.23. The molecule has 0 aromatic heterocycles. The summed E-state index contributed by atoms with van der Waals surface area (Å²) < 4.78 is 35.4. The summed E-state index contributed by atoms with van der Waals surface area (Å²) in [6.07, 6.45) is 0. The van der Waals surface area contributed by atoms with Gasteiger partial charge in [-0.05, 0) is 60.0 Å². The molecule has 0 saturated carbocycles. The van der Waals surface area contributed by atoms with Crippen molar-refractivity contribution < 1.29 is 22.1 Å². The molecule has 0 aliphatic carbocycles. The van der Waals surface area contributed by atoms with E-state index in [1.165, 1.54) is 19.2 Å². The minimum Gasteiger partial charge on any atom is -0.497 e. The third-order valence-corrected chi connectivity index (χ3v) is 6.42. The lowest BCUT2D eigenvalue weighted by atomic mass is 10.1. The van der Waals surface area contributed by atoms with Crippen LogP contribution in [-0.4, -0.2) is 32.9 Å². The maximum absolute atomic E-state index is 13.1. The summed E-state index contributed by atoms with van der Waals surface area (Å²) in [5, 5.41) is 0.406. The Balaban J connectivity index is 1.74. The fourth-order valence-electron chi connectivity index (χ4n) is 3.25. The maximum atomic E-state index is 13.1. The predicted octanol–water partition coefficient (Wildman–Crippen LogP) is 5.41. The lowest BCUT2D eigenvalue weighted by Gasteiger charge is -2.25. The zero-order chi connectivity index (χ0) is 24.0. The molecule has 0 heterocycles. The van der Waals surface area contributed by atoms with Crippen LogP contribution < -0.4 is 8.92 Å². The maximum Gasteiger partial charge on any atom is 0.339 e. The molecule has 0 fully saturated rings. The first-order chi connectivity index (χ1) is 15.7. The van der Waals surface area contributed by atoms with Crippen molar-refractivity contribution in [3.05, 3.63) is 88.9 Å². The SMILES string of the molecule is COc1ccc(S(=O)(=O)Oc2ccc(CN(CC(C)C)C(=O)c3ccccc3Cl)cc2)cc1. The Morgan fingerprint density at radius 2 is 1.55 bits per heavy atom. The van der Waals surface area contributed by atoms with Crippen molar-refractivity contribution in [2.24, 2.45) is 5.92 Å². The summed E-state index contributed by atoms with van der Waals surface area (Å²) in [4.78, 5) is 14.9. The number of hydrogen-bond donors (Lipinski definition) is 0. The lowest BCUT2D eigenvalue weighted by Crippen LogP contribution is -2.33. The average molecular weight is 488 g/mol. The Labute approximate surface area is 199 Å².